The molecule has 4 nitrogen and oxygen atoms in total. The number of piperidine rings is 1. The molecule has 1 aliphatic rings. The van der Waals surface area contributed by atoms with Crippen LogP contribution < -0.4 is 5.32 Å². The molecule has 4 heteroatoms. The van der Waals surface area contributed by atoms with Crippen LogP contribution >= 0.6 is 0 Å². The first-order chi connectivity index (χ1) is 7.65. The molecule has 2 unspecified atom stereocenters. The zero-order chi connectivity index (χ0) is 12.0. The monoisotopic (exact) mass is 228 g/mol. The Kier molecular flexibility index (Phi) is 5.77. The van der Waals surface area contributed by atoms with Gasteiger partial charge in [0.05, 0.1) is 12.1 Å². The van der Waals surface area contributed by atoms with Crippen molar-refractivity contribution in [3.63, 3.8) is 0 Å². The fourth-order valence-corrected chi connectivity index (χ4v) is 2.19. The number of rotatable bonds is 5. The van der Waals surface area contributed by atoms with Crippen molar-refractivity contribution in [1.82, 2.24) is 10.2 Å². The fraction of sp³-hybridized carbons (Fsp3) is 0.917. The Hall–Kier alpha value is -0.610. The highest BCUT2D eigenvalue weighted by Crippen LogP contribution is 2.16. The molecule has 0 bridgehead atoms. The minimum Gasteiger partial charge on any atom is -0.393 e. The normalized spacial score (nSPS) is 24.1. The maximum atomic E-state index is 11.9. The Morgan fingerprint density at radius 1 is 1.56 bits per heavy atom. The number of nitrogens with zero attached hydrogens (tertiary/aromatic N) is 1. The Balaban J connectivity index is 2.33. The minimum atomic E-state index is -0.339. The SMILES string of the molecule is CCN1CCCCC1C(=O)NCCC(C)O. The lowest BCUT2D eigenvalue weighted by Crippen LogP contribution is -2.49. The van der Waals surface area contributed by atoms with Crippen LogP contribution in [0.3, 0.4) is 0 Å². The van der Waals surface area contributed by atoms with Gasteiger partial charge in [0.1, 0.15) is 0 Å². The number of hydrogen-bond acceptors (Lipinski definition) is 3. The number of carbonyl (C=O) groups excluding carboxylic acids is 1. The Morgan fingerprint density at radius 3 is 2.94 bits per heavy atom. The van der Waals surface area contributed by atoms with Gasteiger partial charge in [0, 0.05) is 6.54 Å². The number of aliphatic hydroxyl groups excluding tert-OH is 1. The fourth-order valence-electron chi connectivity index (χ4n) is 2.19. The van der Waals surface area contributed by atoms with Crippen molar-refractivity contribution in [2.75, 3.05) is 19.6 Å². The molecule has 0 aliphatic carbocycles. The third-order valence-corrected chi connectivity index (χ3v) is 3.18. The van der Waals surface area contributed by atoms with Gasteiger partial charge in [-0.2, -0.15) is 0 Å². The van der Waals surface area contributed by atoms with Crippen LogP contribution in [0.25, 0.3) is 0 Å². The molecule has 16 heavy (non-hydrogen) atoms. The number of aliphatic hydroxyl groups is 1. The van der Waals surface area contributed by atoms with Crippen LogP contribution in [-0.4, -0.2) is 47.7 Å². The van der Waals surface area contributed by atoms with Gasteiger partial charge in [-0.25, -0.2) is 0 Å². The zero-order valence-corrected chi connectivity index (χ0v) is 10.4. The van der Waals surface area contributed by atoms with E-state index in [1.807, 2.05) is 0 Å². The van der Waals surface area contributed by atoms with Gasteiger partial charge in [0.15, 0.2) is 0 Å². The van der Waals surface area contributed by atoms with Crippen LogP contribution in [0.2, 0.25) is 0 Å². The number of carbonyl (C=O) groups is 1. The van der Waals surface area contributed by atoms with Crippen molar-refractivity contribution in [2.45, 2.75) is 51.7 Å². The molecule has 0 aromatic heterocycles. The molecule has 94 valence electrons. The zero-order valence-electron chi connectivity index (χ0n) is 10.4. The van der Waals surface area contributed by atoms with Gasteiger partial charge >= 0.3 is 0 Å². The molecular weight excluding hydrogens is 204 g/mol. The largest absolute Gasteiger partial charge is 0.393 e. The summed E-state index contributed by atoms with van der Waals surface area (Å²) in [5, 5.41) is 12.0. The number of likely N-dealkylation sites (tertiary alicyclic amines) is 1. The summed E-state index contributed by atoms with van der Waals surface area (Å²) in [5.41, 5.74) is 0. The molecule has 1 aliphatic heterocycles. The second kappa shape index (κ2) is 6.86. The average molecular weight is 228 g/mol. The highest BCUT2D eigenvalue weighted by molar-refractivity contribution is 5.81. The third-order valence-electron chi connectivity index (χ3n) is 3.18. The molecule has 0 aromatic carbocycles. The maximum Gasteiger partial charge on any atom is 0.237 e. The number of nitrogens with one attached hydrogen (secondary N) is 1. The van der Waals surface area contributed by atoms with Crippen molar-refractivity contribution in [3.8, 4) is 0 Å². The maximum absolute atomic E-state index is 11.9. The van der Waals surface area contributed by atoms with E-state index >= 15 is 0 Å². The molecule has 1 fully saturated rings. The molecule has 1 amide bonds. The summed E-state index contributed by atoms with van der Waals surface area (Å²) >= 11 is 0. The molecular formula is C12H24N2O2. The van der Waals surface area contributed by atoms with Crippen LogP contribution in [0.1, 0.15) is 39.5 Å². The van der Waals surface area contributed by atoms with Gasteiger partial charge in [-0.15, -0.1) is 0 Å². The topological polar surface area (TPSA) is 52.6 Å². The summed E-state index contributed by atoms with van der Waals surface area (Å²) in [6.45, 7) is 6.39. The van der Waals surface area contributed by atoms with E-state index in [0.29, 0.717) is 13.0 Å². The molecule has 0 saturated carbocycles. The van der Waals surface area contributed by atoms with Crippen molar-refractivity contribution < 1.29 is 9.90 Å². The predicted molar refractivity (Wildman–Crippen MR) is 64.2 cm³/mol. The van der Waals surface area contributed by atoms with Gasteiger partial charge < -0.3 is 10.4 Å². The highest BCUT2D eigenvalue weighted by atomic mass is 16.3. The number of amides is 1. The van der Waals surface area contributed by atoms with Gasteiger partial charge in [-0.3, -0.25) is 9.69 Å². The molecule has 1 heterocycles. The van der Waals surface area contributed by atoms with E-state index in [2.05, 4.69) is 17.1 Å². The van der Waals surface area contributed by atoms with Crippen molar-refractivity contribution in [1.29, 1.82) is 0 Å². The predicted octanol–water partition coefficient (Wildman–Crippen LogP) is 0.748. The molecule has 0 aromatic rings. The summed E-state index contributed by atoms with van der Waals surface area (Å²) in [7, 11) is 0. The van der Waals surface area contributed by atoms with Gasteiger partial charge in [0.25, 0.3) is 0 Å². The van der Waals surface area contributed by atoms with Gasteiger partial charge in [-0.1, -0.05) is 13.3 Å². The lowest BCUT2D eigenvalue weighted by molar-refractivity contribution is -0.127. The lowest BCUT2D eigenvalue weighted by Gasteiger charge is -2.33. The van der Waals surface area contributed by atoms with Crippen LogP contribution in [0.5, 0.6) is 0 Å². The Labute approximate surface area is 98.0 Å². The van der Waals surface area contributed by atoms with Crippen molar-refractivity contribution >= 4 is 5.91 Å². The van der Waals surface area contributed by atoms with E-state index in [9.17, 15) is 4.79 Å². The van der Waals surface area contributed by atoms with E-state index in [0.717, 1.165) is 25.9 Å². The van der Waals surface area contributed by atoms with Crippen molar-refractivity contribution in [2.24, 2.45) is 0 Å². The second-order valence-electron chi connectivity index (χ2n) is 4.57. The summed E-state index contributed by atoms with van der Waals surface area (Å²) in [6.07, 6.45) is 3.60. The molecule has 1 saturated heterocycles. The first-order valence-electron chi connectivity index (χ1n) is 6.35. The molecule has 0 radical (unpaired) electrons. The van der Waals surface area contributed by atoms with Crippen LogP contribution in [-0.2, 0) is 4.79 Å². The summed E-state index contributed by atoms with van der Waals surface area (Å²) in [4.78, 5) is 14.2. The van der Waals surface area contributed by atoms with E-state index in [4.69, 9.17) is 5.11 Å². The van der Waals surface area contributed by atoms with Gasteiger partial charge in [0.2, 0.25) is 5.91 Å². The summed E-state index contributed by atoms with van der Waals surface area (Å²) < 4.78 is 0. The van der Waals surface area contributed by atoms with Gasteiger partial charge in [-0.05, 0) is 39.3 Å². The van der Waals surface area contributed by atoms with E-state index in [-0.39, 0.29) is 18.1 Å². The minimum absolute atomic E-state index is 0.0488. The summed E-state index contributed by atoms with van der Waals surface area (Å²) in [6, 6.07) is 0.0488. The number of likely N-dealkylation sites (N-methyl/N-ethyl adjacent to an activating group) is 1. The molecule has 2 atom stereocenters. The van der Waals surface area contributed by atoms with Crippen molar-refractivity contribution in [3.05, 3.63) is 0 Å². The first-order valence-corrected chi connectivity index (χ1v) is 6.35. The first kappa shape index (κ1) is 13.5. The van der Waals surface area contributed by atoms with Crippen LogP contribution in [0.15, 0.2) is 0 Å². The third kappa shape index (κ3) is 4.10. The standard InChI is InChI=1S/C12H24N2O2/c1-3-14-9-5-4-6-11(14)12(16)13-8-7-10(2)15/h10-11,15H,3-9H2,1-2H3,(H,13,16). The Morgan fingerprint density at radius 2 is 2.31 bits per heavy atom. The van der Waals surface area contributed by atoms with E-state index < -0.39 is 0 Å². The lowest BCUT2D eigenvalue weighted by atomic mass is 10.0. The Bertz CT molecular complexity index is 219. The molecule has 2 N–H and O–H groups in total. The van der Waals surface area contributed by atoms with Crippen LogP contribution in [0, 0.1) is 0 Å². The average Bonchev–Trinajstić information content (AvgIpc) is 2.28. The molecule has 0 spiro atoms. The van der Waals surface area contributed by atoms with E-state index in [1.54, 1.807) is 6.92 Å². The second-order valence-corrected chi connectivity index (χ2v) is 4.57. The highest BCUT2D eigenvalue weighted by Gasteiger charge is 2.26. The quantitative estimate of drug-likeness (QED) is 0.730. The smallest absolute Gasteiger partial charge is 0.237 e. The number of hydrogen-bond donors (Lipinski definition) is 2. The van der Waals surface area contributed by atoms with Crippen LogP contribution in [0.4, 0.5) is 0 Å². The molecule has 1 rings (SSSR count). The summed E-state index contributed by atoms with van der Waals surface area (Å²) in [5.74, 6) is 0.127. The van der Waals surface area contributed by atoms with E-state index in [1.165, 1.54) is 6.42 Å².